The Morgan fingerprint density at radius 2 is 2.20 bits per heavy atom. The lowest BCUT2D eigenvalue weighted by Gasteiger charge is -2.24. The first-order valence-corrected chi connectivity index (χ1v) is 7.05. The number of hydrogen-bond acceptors (Lipinski definition) is 3. The second-order valence-corrected chi connectivity index (χ2v) is 5.62. The van der Waals surface area contributed by atoms with E-state index in [2.05, 4.69) is 16.5 Å². The molecule has 3 nitrogen and oxygen atoms in total. The molecule has 0 aromatic rings. The summed E-state index contributed by atoms with van der Waals surface area (Å²) in [5, 5.41) is 3.87. The van der Waals surface area contributed by atoms with Crippen molar-refractivity contribution in [3.05, 3.63) is 0 Å². The van der Waals surface area contributed by atoms with Crippen molar-refractivity contribution in [2.75, 3.05) is 19.8 Å². The molecule has 4 heteroatoms. The highest BCUT2D eigenvalue weighted by Crippen LogP contribution is 2.33. The number of thioether (sulfide) groups is 1. The van der Waals surface area contributed by atoms with Crippen LogP contribution in [0.15, 0.2) is 0 Å². The van der Waals surface area contributed by atoms with Gasteiger partial charge in [-0.15, -0.1) is 0 Å². The molecule has 0 aromatic carbocycles. The van der Waals surface area contributed by atoms with E-state index in [0.29, 0.717) is 11.9 Å². The summed E-state index contributed by atoms with van der Waals surface area (Å²) < 4.78 is 0. The molecule has 0 bridgehead atoms. The smallest absolute Gasteiger partial charge is 0.240 e. The Kier molecular flexibility index (Phi) is 3.57. The Hall–Kier alpha value is -0.220. The average molecular weight is 228 g/mol. The van der Waals surface area contributed by atoms with Gasteiger partial charge in [-0.2, -0.15) is 11.8 Å². The van der Waals surface area contributed by atoms with Gasteiger partial charge >= 0.3 is 0 Å². The molecule has 1 N–H and O–H groups in total. The van der Waals surface area contributed by atoms with Crippen LogP contribution in [-0.4, -0.2) is 48.0 Å². The minimum atomic E-state index is 0.0818. The third-order valence-corrected chi connectivity index (χ3v) is 4.81. The average Bonchev–Trinajstić information content (AvgIpc) is 2.83. The van der Waals surface area contributed by atoms with E-state index in [1.54, 1.807) is 0 Å². The maximum Gasteiger partial charge on any atom is 0.240 e. The zero-order valence-corrected chi connectivity index (χ0v) is 10.3. The van der Waals surface area contributed by atoms with Crippen molar-refractivity contribution in [3.63, 3.8) is 0 Å². The molecule has 3 unspecified atom stereocenters. The van der Waals surface area contributed by atoms with Gasteiger partial charge in [-0.3, -0.25) is 4.79 Å². The van der Waals surface area contributed by atoms with Crippen molar-refractivity contribution in [1.29, 1.82) is 0 Å². The molecule has 0 radical (unpaired) electrons. The van der Waals surface area contributed by atoms with E-state index in [-0.39, 0.29) is 6.04 Å². The van der Waals surface area contributed by atoms with Gasteiger partial charge in [0, 0.05) is 17.8 Å². The number of nitrogens with zero attached hydrogens (tertiary/aromatic N) is 1. The zero-order chi connectivity index (χ0) is 10.8. The summed E-state index contributed by atoms with van der Waals surface area (Å²) in [4.78, 5) is 14.1. The number of rotatable bonds is 3. The summed E-state index contributed by atoms with van der Waals surface area (Å²) in [6.07, 6.45) is 6.84. The van der Waals surface area contributed by atoms with E-state index in [9.17, 15) is 4.79 Å². The van der Waals surface area contributed by atoms with E-state index in [1.165, 1.54) is 19.3 Å². The minimum Gasteiger partial charge on any atom is -0.338 e. The van der Waals surface area contributed by atoms with Gasteiger partial charge in [0.15, 0.2) is 0 Å². The summed E-state index contributed by atoms with van der Waals surface area (Å²) in [7, 11) is 1.88. The van der Waals surface area contributed by atoms with Gasteiger partial charge in [-0.1, -0.05) is 0 Å². The van der Waals surface area contributed by atoms with Crippen LogP contribution in [0.4, 0.5) is 0 Å². The Bertz CT molecular complexity index is 247. The van der Waals surface area contributed by atoms with Crippen molar-refractivity contribution < 1.29 is 4.79 Å². The summed E-state index contributed by atoms with van der Waals surface area (Å²) >= 11 is 1.95. The quantitative estimate of drug-likeness (QED) is 0.785. The molecular weight excluding hydrogens is 208 g/mol. The highest BCUT2D eigenvalue weighted by molar-refractivity contribution is 7.99. The molecule has 1 aliphatic heterocycles. The van der Waals surface area contributed by atoms with E-state index < -0.39 is 0 Å². The molecule has 1 heterocycles. The number of carbonyl (C=O) groups excluding carboxylic acids is 1. The first kappa shape index (κ1) is 11.3. The van der Waals surface area contributed by atoms with E-state index in [4.69, 9.17) is 0 Å². The number of likely N-dealkylation sites (tertiary alicyclic amines) is 1. The van der Waals surface area contributed by atoms with Gasteiger partial charge in [0.05, 0.1) is 6.04 Å². The Balaban J connectivity index is 1.93. The van der Waals surface area contributed by atoms with Crippen molar-refractivity contribution in [2.45, 2.75) is 43.0 Å². The lowest BCUT2D eigenvalue weighted by atomic mass is 10.2. The molecule has 0 spiro atoms. The van der Waals surface area contributed by atoms with Gasteiger partial charge in [-0.05, 0) is 39.0 Å². The first-order chi connectivity index (χ1) is 7.26. The molecule has 0 aromatic heterocycles. The molecule has 2 fully saturated rings. The Morgan fingerprint density at radius 3 is 2.73 bits per heavy atom. The SMILES string of the molecule is CNC1CCN(C2CCC(SC)C2)C1=O. The molecule has 1 amide bonds. The Morgan fingerprint density at radius 1 is 1.40 bits per heavy atom. The van der Waals surface area contributed by atoms with Crippen LogP contribution in [0, 0.1) is 0 Å². The van der Waals surface area contributed by atoms with Crippen LogP contribution >= 0.6 is 11.8 Å². The van der Waals surface area contributed by atoms with Crippen LogP contribution in [0.5, 0.6) is 0 Å². The van der Waals surface area contributed by atoms with Gasteiger partial charge in [0.2, 0.25) is 5.91 Å². The van der Waals surface area contributed by atoms with E-state index in [1.807, 2.05) is 18.8 Å². The monoisotopic (exact) mass is 228 g/mol. The molecule has 15 heavy (non-hydrogen) atoms. The topological polar surface area (TPSA) is 32.3 Å². The normalized spacial score (nSPS) is 36.5. The zero-order valence-electron chi connectivity index (χ0n) is 9.53. The summed E-state index contributed by atoms with van der Waals surface area (Å²) in [6.45, 7) is 0.954. The fraction of sp³-hybridized carbons (Fsp3) is 0.909. The number of hydrogen-bond donors (Lipinski definition) is 1. The Labute approximate surface area is 96.0 Å². The molecule has 1 saturated heterocycles. The van der Waals surface area contributed by atoms with Gasteiger partial charge in [0.25, 0.3) is 0 Å². The lowest BCUT2D eigenvalue weighted by molar-refractivity contribution is -0.131. The molecule has 2 rings (SSSR count). The number of amides is 1. The summed E-state index contributed by atoms with van der Waals surface area (Å²) in [6, 6.07) is 0.603. The van der Waals surface area contributed by atoms with Gasteiger partial charge < -0.3 is 10.2 Å². The van der Waals surface area contributed by atoms with Gasteiger partial charge in [-0.25, -0.2) is 0 Å². The fourth-order valence-electron chi connectivity index (χ4n) is 2.75. The van der Waals surface area contributed by atoms with Crippen LogP contribution in [0.25, 0.3) is 0 Å². The molecule has 86 valence electrons. The lowest BCUT2D eigenvalue weighted by Crippen LogP contribution is -2.40. The largest absolute Gasteiger partial charge is 0.338 e. The maximum absolute atomic E-state index is 12.0. The molecule has 3 atom stereocenters. The maximum atomic E-state index is 12.0. The van der Waals surface area contributed by atoms with E-state index in [0.717, 1.165) is 18.2 Å². The van der Waals surface area contributed by atoms with Crippen molar-refractivity contribution in [3.8, 4) is 0 Å². The molecule has 1 aliphatic carbocycles. The first-order valence-electron chi connectivity index (χ1n) is 5.76. The van der Waals surface area contributed by atoms with Gasteiger partial charge in [0.1, 0.15) is 0 Å². The predicted octanol–water partition coefficient (Wildman–Crippen LogP) is 1.09. The standard InChI is InChI=1S/C11H20N2OS/c1-12-10-5-6-13(11(10)14)8-3-4-9(7-8)15-2/h8-10,12H,3-7H2,1-2H3. The second kappa shape index (κ2) is 4.74. The van der Waals surface area contributed by atoms with Crippen molar-refractivity contribution >= 4 is 17.7 Å². The third-order valence-electron chi connectivity index (χ3n) is 3.72. The summed E-state index contributed by atoms with van der Waals surface area (Å²) in [5.74, 6) is 0.323. The van der Waals surface area contributed by atoms with Crippen molar-refractivity contribution in [1.82, 2.24) is 10.2 Å². The second-order valence-electron chi connectivity index (χ2n) is 4.49. The van der Waals surface area contributed by atoms with Crippen LogP contribution in [0.1, 0.15) is 25.7 Å². The number of carbonyl (C=O) groups is 1. The highest BCUT2D eigenvalue weighted by Gasteiger charge is 2.38. The summed E-state index contributed by atoms with van der Waals surface area (Å²) in [5.41, 5.74) is 0. The molecule has 1 saturated carbocycles. The van der Waals surface area contributed by atoms with Crippen LogP contribution < -0.4 is 5.32 Å². The van der Waals surface area contributed by atoms with E-state index >= 15 is 0 Å². The van der Waals surface area contributed by atoms with Crippen LogP contribution in [-0.2, 0) is 4.79 Å². The number of likely N-dealkylation sites (N-methyl/N-ethyl adjacent to an activating group) is 1. The minimum absolute atomic E-state index is 0.0818. The fourth-order valence-corrected chi connectivity index (χ4v) is 3.53. The predicted molar refractivity (Wildman–Crippen MR) is 64.1 cm³/mol. The molecule has 2 aliphatic rings. The van der Waals surface area contributed by atoms with Crippen LogP contribution in [0.3, 0.4) is 0 Å². The highest BCUT2D eigenvalue weighted by atomic mass is 32.2. The third kappa shape index (κ3) is 2.16. The molecular formula is C11H20N2OS. The number of nitrogens with one attached hydrogen (secondary N) is 1. The van der Waals surface area contributed by atoms with Crippen LogP contribution in [0.2, 0.25) is 0 Å². The van der Waals surface area contributed by atoms with Crippen molar-refractivity contribution in [2.24, 2.45) is 0 Å².